The zero-order chi connectivity index (χ0) is 14.6. The SMILES string of the molecule is CN(C)Cc1ccccc1CNC(=O)C1(N)CCCC1.Cl.Cl. The lowest BCUT2D eigenvalue weighted by Gasteiger charge is -2.23. The standard InChI is InChI=1S/C16H25N3O.2ClH/c1-19(2)12-14-8-4-3-7-13(14)11-18-15(20)16(17)9-5-6-10-16;;/h3-4,7-8H,5-6,9-12,17H2,1-2H3,(H,18,20);2*1H. The number of amides is 1. The number of nitrogens with zero attached hydrogens (tertiary/aromatic N) is 1. The van der Waals surface area contributed by atoms with Gasteiger partial charge in [-0.3, -0.25) is 4.79 Å². The van der Waals surface area contributed by atoms with E-state index in [1.54, 1.807) is 0 Å². The summed E-state index contributed by atoms with van der Waals surface area (Å²) < 4.78 is 0. The number of carbonyl (C=O) groups is 1. The summed E-state index contributed by atoms with van der Waals surface area (Å²) in [6, 6.07) is 8.21. The van der Waals surface area contributed by atoms with Gasteiger partial charge in [-0.2, -0.15) is 0 Å². The fraction of sp³-hybridized carbons (Fsp3) is 0.562. The zero-order valence-corrected chi connectivity index (χ0v) is 14.9. The van der Waals surface area contributed by atoms with E-state index in [2.05, 4.69) is 22.3 Å². The maximum Gasteiger partial charge on any atom is 0.240 e. The molecule has 1 aromatic carbocycles. The third kappa shape index (κ3) is 5.43. The van der Waals surface area contributed by atoms with Gasteiger partial charge in [0.15, 0.2) is 0 Å². The van der Waals surface area contributed by atoms with E-state index >= 15 is 0 Å². The highest BCUT2D eigenvalue weighted by Crippen LogP contribution is 2.27. The molecule has 0 aliphatic heterocycles. The van der Waals surface area contributed by atoms with E-state index in [0.29, 0.717) is 6.54 Å². The molecule has 0 spiro atoms. The van der Waals surface area contributed by atoms with Gasteiger partial charge < -0.3 is 16.0 Å². The first-order valence-corrected chi connectivity index (χ1v) is 7.30. The van der Waals surface area contributed by atoms with Crippen LogP contribution in [-0.2, 0) is 17.9 Å². The van der Waals surface area contributed by atoms with Gasteiger partial charge in [0.25, 0.3) is 0 Å². The lowest BCUT2D eigenvalue weighted by atomic mass is 9.98. The Morgan fingerprint density at radius 2 is 1.73 bits per heavy atom. The Labute approximate surface area is 145 Å². The summed E-state index contributed by atoms with van der Waals surface area (Å²) in [6.07, 6.45) is 3.72. The van der Waals surface area contributed by atoms with E-state index in [9.17, 15) is 4.79 Å². The van der Waals surface area contributed by atoms with Crippen LogP contribution in [-0.4, -0.2) is 30.4 Å². The number of benzene rings is 1. The Hall–Kier alpha value is -0.810. The molecule has 3 N–H and O–H groups in total. The van der Waals surface area contributed by atoms with Gasteiger partial charge in [-0.15, -0.1) is 24.8 Å². The average Bonchev–Trinajstić information content (AvgIpc) is 2.85. The predicted octanol–water partition coefficient (Wildman–Crippen LogP) is 2.48. The summed E-state index contributed by atoms with van der Waals surface area (Å²) in [5.74, 6) is -0.00495. The first-order valence-electron chi connectivity index (χ1n) is 7.30. The molecule has 0 atom stereocenters. The molecule has 4 nitrogen and oxygen atoms in total. The molecule has 2 rings (SSSR count). The van der Waals surface area contributed by atoms with Gasteiger partial charge in [0.2, 0.25) is 5.91 Å². The summed E-state index contributed by atoms with van der Waals surface area (Å²) in [5, 5.41) is 3.01. The summed E-state index contributed by atoms with van der Waals surface area (Å²) in [6.45, 7) is 1.43. The minimum Gasteiger partial charge on any atom is -0.350 e. The fourth-order valence-corrected chi connectivity index (χ4v) is 2.81. The third-order valence-electron chi connectivity index (χ3n) is 3.99. The minimum absolute atomic E-state index is 0. The second-order valence-electron chi connectivity index (χ2n) is 6.05. The Morgan fingerprint density at radius 3 is 2.27 bits per heavy atom. The molecule has 1 saturated carbocycles. The topological polar surface area (TPSA) is 58.4 Å². The van der Waals surface area contributed by atoms with Crippen molar-refractivity contribution in [2.24, 2.45) is 5.73 Å². The van der Waals surface area contributed by atoms with Gasteiger partial charge in [-0.05, 0) is 38.1 Å². The average molecular weight is 348 g/mol. The number of hydrogen-bond acceptors (Lipinski definition) is 3. The molecule has 0 bridgehead atoms. The molecule has 0 radical (unpaired) electrons. The highest BCUT2D eigenvalue weighted by atomic mass is 35.5. The second kappa shape index (κ2) is 9.36. The highest BCUT2D eigenvalue weighted by Gasteiger charge is 2.36. The predicted molar refractivity (Wildman–Crippen MR) is 95.6 cm³/mol. The molecule has 1 aromatic rings. The molecule has 1 amide bonds. The van der Waals surface area contributed by atoms with Crippen molar-refractivity contribution in [2.45, 2.75) is 44.3 Å². The number of nitrogens with one attached hydrogen (secondary N) is 1. The van der Waals surface area contributed by atoms with E-state index in [-0.39, 0.29) is 30.7 Å². The van der Waals surface area contributed by atoms with Crippen molar-refractivity contribution in [1.29, 1.82) is 0 Å². The van der Waals surface area contributed by atoms with Gasteiger partial charge in [-0.1, -0.05) is 37.1 Å². The normalized spacial score (nSPS) is 15.8. The smallest absolute Gasteiger partial charge is 0.240 e. The van der Waals surface area contributed by atoms with Crippen molar-refractivity contribution in [3.05, 3.63) is 35.4 Å². The summed E-state index contributed by atoms with van der Waals surface area (Å²) >= 11 is 0. The molecule has 126 valence electrons. The Morgan fingerprint density at radius 1 is 1.18 bits per heavy atom. The molecule has 6 heteroatoms. The van der Waals surface area contributed by atoms with E-state index in [1.807, 2.05) is 26.2 Å². The van der Waals surface area contributed by atoms with Crippen LogP contribution in [0.1, 0.15) is 36.8 Å². The molecule has 1 aliphatic carbocycles. The van der Waals surface area contributed by atoms with Crippen LogP contribution in [0.3, 0.4) is 0 Å². The number of nitrogens with two attached hydrogens (primary N) is 1. The fourth-order valence-electron chi connectivity index (χ4n) is 2.81. The molecule has 0 heterocycles. The Kier molecular flexibility index (Phi) is 9.01. The maximum atomic E-state index is 12.2. The number of hydrogen-bond donors (Lipinski definition) is 2. The van der Waals surface area contributed by atoms with Gasteiger partial charge in [-0.25, -0.2) is 0 Å². The monoisotopic (exact) mass is 347 g/mol. The Balaban J connectivity index is 0.00000220. The number of halogens is 2. The van der Waals surface area contributed by atoms with Gasteiger partial charge in [0, 0.05) is 13.1 Å². The largest absolute Gasteiger partial charge is 0.350 e. The van der Waals surface area contributed by atoms with Crippen LogP contribution in [0.15, 0.2) is 24.3 Å². The lowest BCUT2D eigenvalue weighted by molar-refractivity contribution is -0.126. The van der Waals surface area contributed by atoms with E-state index in [1.165, 1.54) is 5.56 Å². The van der Waals surface area contributed by atoms with Crippen molar-refractivity contribution in [1.82, 2.24) is 10.2 Å². The molecule has 0 unspecified atom stereocenters. The van der Waals surface area contributed by atoms with Gasteiger partial charge in [0.1, 0.15) is 0 Å². The molecule has 0 aromatic heterocycles. The summed E-state index contributed by atoms with van der Waals surface area (Å²) in [7, 11) is 4.09. The van der Waals surface area contributed by atoms with Crippen LogP contribution in [0.4, 0.5) is 0 Å². The highest BCUT2D eigenvalue weighted by molar-refractivity contribution is 5.86. The van der Waals surface area contributed by atoms with Crippen molar-refractivity contribution in [3.8, 4) is 0 Å². The van der Waals surface area contributed by atoms with E-state index in [0.717, 1.165) is 37.8 Å². The summed E-state index contributed by atoms with van der Waals surface area (Å²) in [5.41, 5.74) is 7.93. The molecule has 22 heavy (non-hydrogen) atoms. The zero-order valence-electron chi connectivity index (χ0n) is 13.3. The number of rotatable bonds is 5. The van der Waals surface area contributed by atoms with Crippen LogP contribution in [0.25, 0.3) is 0 Å². The molecular weight excluding hydrogens is 321 g/mol. The lowest BCUT2D eigenvalue weighted by Crippen LogP contribution is -2.51. The van der Waals surface area contributed by atoms with E-state index in [4.69, 9.17) is 5.73 Å². The van der Waals surface area contributed by atoms with Crippen LogP contribution >= 0.6 is 24.8 Å². The van der Waals surface area contributed by atoms with Gasteiger partial charge in [0.05, 0.1) is 5.54 Å². The molecule has 0 saturated heterocycles. The van der Waals surface area contributed by atoms with E-state index < -0.39 is 5.54 Å². The second-order valence-corrected chi connectivity index (χ2v) is 6.05. The first kappa shape index (κ1) is 21.2. The molecule has 1 fully saturated rings. The Bertz CT molecular complexity index is 474. The van der Waals surface area contributed by atoms with Crippen molar-refractivity contribution in [2.75, 3.05) is 14.1 Å². The molecular formula is C16H27Cl2N3O. The van der Waals surface area contributed by atoms with Crippen molar-refractivity contribution < 1.29 is 4.79 Å². The van der Waals surface area contributed by atoms with Crippen LogP contribution in [0.5, 0.6) is 0 Å². The van der Waals surface area contributed by atoms with Gasteiger partial charge >= 0.3 is 0 Å². The maximum absolute atomic E-state index is 12.2. The van der Waals surface area contributed by atoms with Crippen LogP contribution in [0, 0.1) is 0 Å². The van der Waals surface area contributed by atoms with Crippen LogP contribution < -0.4 is 11.1 Å². The quantitative estimate of drug-likeness (QED) is 0.860. The number of carbonyl (C=O) groups excluding carboxylic acids is 1. The minimum atomic E-state index is -0.642. The molecule has 1 aliphatic rings. The summed E-state index contributed by atoms with van der Waals surface area (Å²) in [4.78, 5) is 14.4. The van der Waals surface area contributed by atoms with Crippen LogP contribution in [0.2, 0.25) is 0 Å². The van der Waals surface area contributed by atoms with Crippen molar-refractivity contribution in [3.63, 3.8) is 0 Å². The first-order chi connectivity index (χ1) is 9.51. The van der Waals surface area contributed by atoms with Crippen molar-refractivity contribution >= 4 is 30.7 Å². The third-order valence-corrected chi connectivity index (χ3v) is 3.99.